The molecule has 194 valence electrons. The average Bonchev–Trinajstić information content (AvgIpc) is 3.45. The van der Waals surface area contributed by atoms with E-state index in [1.165, 1.54) is 23.3 Å². The van der Waals surface area contributed by atoms with Crippen molar-refractivity contribution in [1.82, 2.24) is 20.5 Å². The maximum absolute atomic E-state index is 10.8. The Morgan fingerprint density at radius 2 is 1.94 bits per heavy atom. The first-order valence-corrected chi connectivity index (χ1v) is 12.8. The van der Waals surface area contributed by atoms with Crippen LogP contribution in [0.2, 0.25) is 0 Å². The fourth-order valence-corrected chi connectivity index (χ4v) is 3.95. The van der Waals surface area contributed by atoms with Gasteiger partial charge in [-0.1, -0.05) is 45.0 Å². The van der Waals surface area contributed by atoms with Gasteiger partial charge in [-0.15, -0.1) is 11.3 Å². The molecule has 8 nitrogen and oxygen atoms in total. The van der Waals surface area contributed by atoms with Crippen LogP contribution >= 0.6 is 11.3 Å². The summed E-state index contributed by atoms with van der Waals surface area (Å²) in [5, 5.41) is 5.45. The van der Waals surface area contributed by atoms with Gasteiger partial charge in [0.1, 0.15) is 0 Å². The molecule has 1 fully saturated rings. The van der Waals surface area contributed by atoms with Crippen molar-refractivity contribution < 1.29 is 14.4 Å². The molecule has 0 saturated carbocycles. The highest BCUT2D eigenvalue weighted by molar-refractivity contribution is 7.13. The van der Waals surface area contributed by atoms with E-state index in [1.807, 2.05) is 36.4 Å². The van der Waals surface area contributed by atoms with Crippen LogP contribution in [0.5, 0.6) is 0 Å². The Balaban J connectivity index is 0.000000281. The van der Waals surface area contributed by atoms with E-state index in [1.54, 1.807) is 11.3 Å². The highest BCUT2D eigenvalue weighted by Crippen LogP contribution is 2.27. The van der Waals surface area contributed by atoms with Crippen molar-refractivity contribution in [3.8, 4) is 10.4 Å². The zero-order chi connectivity index (χ0) is 26.4. The van der Waals surface area contributed by atoms with Gasteiger partial charge in [-0.25, -0.2) is 4.98 Å². The third kappa shape index (κ3) is 11.0. The highest BCUT2D eigenvalue weighted by Gasteiger charge is 2.20. The smallest absolute Gasteiger partial charge is 0.233 e. The van der Waals surface area contributed by atoms with Crippen LogP contribution in [0.4, 0.5) is 0 Å². The third-order valence-electron chi connectivity index (χ3n) is 5.95. The molecular formula is C26H41N5O3S. The maximum atomic E-state index is 10.8. The molecule has 0 spiro atoms. The Labute approximate surface area is 213 Å². The number of hydrogen-bond acceptors (Lipinski definition) is 6. The molecule has 2 heterocycles. The van der Waals surface area contributed by atoms with Gasteiger partial charge in [-0.3, -0.25) is 14.4 Å². The van der Waals surface area contributed by atoms with E-state index in [9.17, 15) is 14.4 Å². The first-order chi connectivity index (χ1) is 16.5. The number of rotatable bonds is 7. The zero-order valence-corrected chi connectivity index (χ0v) is 22.7. The Bertz CT molecular complexity index is 908. The minimum atomic E-state index is -0.0903. The molecule has 0 bridgehead atoms. The summed E-state index contributed by atoms with van der Waals surface area (Å²) in [6.07, 6.45) is 4.01. The summed E-state index contributed by atoms with van der Waals surface area (Å²) in [5.74, 6) is -0.0903. The van der Waals surface area contributed by atoms with E-state index in [0.29, 0.717) is 19.0 Å². The predicted molar refractivity (Wildman–Crippen MR) is 143 cm³/mol. The number of nitrogens with one attached hydrogen (secondary N) is 2. The summed E-state index contributed by atoms with van der Waals surface area (Å²) in [5.41, 5.74) is 10.4. The number of carbonyl (C=O) groups is 3. The predicted octanol–water partition coefficient (Wildman–Crippen LogP) is 3.49. The molecule has 3 rings (SSSR count). The first-order valence-electron chi connectivity index (χ1n) is 11.9. The van der Waals surface area contributed by atoms with Gasteiger partial charge < -0.3 is 21.3 Å². The number of aromatic nitrogens is 1. The standard InChI is InChI=1S/C12H12N2OS.C8H18N2O.C6H11NO/c1-9-12(16-8-14-9)11-4-2-10(3-5-11)6-13-7-15;1-6(8(2,3)4)10-7(11)5-9;1-6-3-2-4-7(6)5-8/h2-5,7-8H,6H2,1H3,(H,13,15);6H,5,9H2,1-4H3,(H,10,11);5-6H,2-4H2,1H3. The quantitative estimate of drug-likeness (QED) is 0.500. The second-order valence-electron chi connectivity index (χ2n) is 9.66. The third-order valence-corrected chi connectivity index (χ3v) is 6.93. The van der Waals surface area contributed by atoms with E-state index in [0.717, 1.165) is 24.2 Å². The van der Waals surface area contributed by atoms with Crippen molar-refractivity contribution in [1.29, 1.82) is 0 Å². The molecule has 0 aliphatic carbocycles. The lowest BCUT2D eigenvalue weighted by molar-refractivity contribution is -0.121. The monoisotopic (exact) mass is 503 g/mol. The summed E-state index contributed by atoms with van der Waals surface area (Å²) in [7, 11) is 0. The summed E-state index contributed by atoms with van der Waals surface area (Å²) in [6.45, 7) is 13.9. The van der Waals surface area contributed by atoms with Gasteiger partial charge in [0.2, 0.25) is 18.7 Å². The minimum Gasteiger partial charge on any atom is -0.355 e. The summed E-state index contributed by atoms with van der Waals surface area (Å²) >= 11 is 1.64. The molecule has 1 aliphatic rings. The zero-order valence-electron chi connectivity index (χ0n) is 21.8. The summed E-state index contributed by atoms with van der Waals surface area (Å²) in [6, 6.07) is 8.81. The van der Waals surface area contributed by atoms with Crippen LogP contribution in [0.3, 0.4) is 0 Å². The van der Waals surface area contributed by atoms with Crippen LogP contribution in [0.15, 0.2) is 29.8 Å². The average molecular weight is 504 g/mol. The summed E-state index contributed by atoms with van der Waals surface area (Å²) < 4.78 is 0. The number of likely N-dealkylation sites (tertiary alicyclic amines) is 1. The van der Waals surface area contributed by atoms with E-state index in [2.05, 4.69) is 55.4 Å². The number of aryl methyl sites for hydroxylation is 1. The Morgan fingerprint density at radius 3 is 2.34 bits per heavy atom. The van der Waals surface area contributed by atoms with Crippen LogP contribution < -0.4 is 16.4 Å². The first kappa shape index (κ1) is 30.3. The molecule has 0 radical (unpaired) electrons. The number of nitrogens with two attached hydrogens (primary N) is 1. The summed E-state index contributed by atoms with van der Waals surface area (Å²) in [4.78, 5) is 38.4. The number of hydrogen-bond donors (Lipinski definition) is 3. The molecular weight excluding hydrogens is 462 g/mol. The van der Waals surface area contributed by atoms with Gasteiger partial charge in [0.05, 0.1) is 22.6 Å². The number of thiazole rings is 1. The molecule has 1 aromatic heterocycles. The molecule has 1 aromatic carbocycles. The van der Waals surface area contributed by atoms with Gasteiger partial charge in [0.25, 0.3) is 0 Å². The molecule has 9 heteroatoms. The van der Waals surface area contributed by atoms with E-state index in [4.69, 9.17) is 5.73 Å². The van der Waals surface area contributed by atoms with Gasteiger partial charge >= 0.3 is 0 Å². The number of nitrogens with zero attached hydrogens (tertiary/aromatic N) is 2. The number of carbonyl (C=O) groups excluding carboxylic acids is 3. The van der Waals surface area contributed by atoms with E-state index >= 15 is 0 Å². The van der Waals surface area contributed by atoms with Gasteiger partial charge in [-0.2, -0.15) is 0 Å². The minimum absolute atomic E-state index is 0.0699. The topological polar surface area (TPSA) is 117 Å². The Kier molecular flexibility index (Phi) is 13.2. The van der Waals surface area contributed by atoms with Crippen molar-refractivity contribution >= 4 is 30.1 Å². The molecule has 2 atom stereocenters. The SMILES string of the molecule is CC(NC(=O)CN)C(C)(C)C.CC1CCCN1C=O.Cc1ncsc1-c1ccc(CNC=O)cc1. The fourth-order valence-electron chi connectivity index (χ4n) is 3.14. The number of benzene rings is 1. The molecule has 1 aliphatic heterocycles. The maximum Gasteiger partial charge on any atom is 0.233 e. The van der Waals surface area contributed by atoms with Crippen LogP contribution in [0.25, 0.3) is 10.4 Å². The van der Waals surface area contributed by atoms with Crippen molar-refractivity contribution in [3.05, 3.63) is 41.0 Å². The van der Waals surface area contributed by atoms with Crippen LogP contribution in [0, 0.1) is 12.3 Å². The largest absolute Gasteiger partial charge is 0.355 e. The second-order valence-corrected chi connectivity index (χ2v) is 10.5. The van der Waals surface area contributed by atoms with E-state index in [-0.39, 0.29) is 23.9 Å². The van der Waals surface area contributed by atoms with Crippen molar-refractivity contribution in [2.45, 2.75) is 73.0 Å². The molecule has 35 heavy (non-hydrogen) atoms. The van der Waals surface area contributed by atoms with Gasteiger partial charge in [0.15, 0.2) is 0 Å². The van der Waals surface area contributed by atoms with E-state index < -0.39 is 0 Å². The lowest BCUT2D eigenvalue weighted by Crippen LogP contribution is -2.43. The lowest BCUT2D eigenvalue weighted by Gasteiger charge is -2.27. The highest BCUT2D eigenvalue weighted by atomic mass is 32.1. The molecule has 2 unspecified atom stereocenters. The second kappa shape index (κ2) is 15.3. The molecule has 2 aromatic rings. The van der Waals surface area contributed by atoms with Crippen molar-refractivity contribution in [3.63, 3.8) is 0 Å². The normalized spacial score (nSPS) is 15.6. The van der Waals surface area contributed by atoms with Crippen molar-refractivity contribution in [2.24, 2.45) is 11.1 Å². The molecule has 3 amide bonds. The Morgan fingerprint density at radius 1 is 1.29 bits per heavy atom. The van der Waals surface area contributed by atoms with Crippen molar-refractivity contribution in [2.75, 3.05) is 13.1 Å². The fraction of sp³-hybridized carbons (Fsp3) is 0.538. The Hall–Kier alpha value is -2.78. The van der Waals surface area contributed by atoms with Crippen LogP contribution in [0.1, 0.15) is 58.7 Å². The van der Waals surface area contributed by atoms with Crippen LogP contribution in [-0.4, -0.2) is 53.8 Å². The lowest BCUT2D eigenvalue weighted by atomic mass is 9.88. The molecule has 1 saturated heterocycles. The number of amides is 3. The van der Waals surface area contributed by atoms with Crippen LogP contribution in [-0.2, 0) is 20.9 Å². The molecule has 4 N–H and O–H groups in total. The van der Waals surface area contributed by atoms with Gasteiger partial charge in [-0.05, 0) is 50.2 Å². The van der Waals surface area contributed by atoms with Gasteiger partial charge in [0, 0.05) is 25.2 Å².